The Labute approximate surface area is 149 Å². The van der Waals surface area contributed by atoms with E-state index in [1.165, 1.54) is 12.3 Å². The van der Waals surface area contributed by atoms with Crippen molar-refractivity contribution in [3.63, 3.8) is 0 Å². The molecule has 3 aromatic rings. The van der Waals surface area contributed by atoms with E-state index in [0.29, 0.717) is 15.7 Å². The molecule has 0 spiro atoms. The molecule has 1 heterocycles. The van der Waals surface area contributed by atoms with Crippen LogP contribution in [0.1, 0.15) is 5.56 Å². The Morgan fingerprint density at radius 3 is 2.92 bits per heavy atom. The van der Waals surface area contributed by atoms with Crippen LogP contribution in [0.5, 0.6) is 5.75 Å². The monoisotopic (exact) mass is 356 g/mol. The van der Waals surface area contributed by atoms with E-state index in [1.54, 1.807) is 18.3 Å². The van der Waals surface area contributed by atoms with Gasteiger partial charge in [0.05, 0.1) is 17.4 Å². The number of hydrogen-bond acceptors (Lipinski definition) is 4. The number of nitrogens with zero attached hydrogens (tertiary/aromatic N) is 2. The third kappa shape index (κ3) is 3.79. The van der Waals surface area contributed by atoms with Gasteiger partial charge in [-0.3, -0.25) is 10.4 Å². The Kier molecular flexibility index (Phi) is 4.88. The summed E-state index contributed by atoms with van der Waals surface area (Å²) in [6.07, 6.45) is 3.17. The number of para-hydroxylation sites is 1. The molecule has 0 radical (unpaired) electrons. The Bertz CT molecular complexity index is 924. The molecule has 5 nitrogen and oxygen atoms in total. The quantitative estimate of drug-likeness (QED) is 0.377. The average molecular weight is 357 g/mol. The smallest absolute Gasteiger partial charge is 0.191 e. The van der Waals surface area contributed by atoms with Crippen molar-refractivity contribution in [2.75, 3.05) is 5.32 Å². The zero-order valence-electron chi connectivity index (χ0n) is 12.4. The molecule has 0 aliphatic carbocycles. The molecule has 0 saturated carbocycles. The zero-order chi connectivity index (χ0) is 16.9. The molecule has 3 rings (SSSR count). The van der Waals surface area contributed by atoms with E-state index >= 15 is 0 Å². The van der Waals surface area contributed by atoms with Crippen molar-refractivity contribution in [2.24, 2.45) is 5.10 Å². The number of aromatic nitrogens is 1. The van der Waals surface area contributed by atoms with Crippen LogP contribution in [-0.4, -0.2) is 21.4 Å². The van der Waals surface area contributed by atoms with Crippen molar-refractivity contribution < 1.29 is 5.11 Å². The lowest BCUT2D eigenvalue weighted by Gasteiger charge is -2.09. The van der Waals surface area contributed by atoms with Gasteiger partial charge in [0.2, 0.25) is 0 Å². The molecule has 0 fully saturated rings. The van der Waals surface area contributed by atoms with Crippen molar-refractivity contribution in [1.82, 2.24) is 10.4 Å². The second-order valence-electron chi connectivity index (χ2n) is 4.91. The van der Waals surface area contributed by atoms with Gasteiger partial charge in [0.15, 0.2) is 5.11 Å². The van der Waals surface area contributed by atoms with E-state index in [2.05, 4.69) is 20.8 Å². The number of thiocarbonyl (C=S) groups is 1. The molecule has 0 aliphatic rings. The first-order valence-corrected chi connectivity index (χ1v) is 7.84. The summed E-state index contributed by atoms with van der Waals surface area (Å²) in [5.41, 5.74) is 4.79. The van der Waals surface area contributed by atoms with Gasteiger partial charge in [-0.1, -0.05) is 29.8 Å². The zero-order valence-corrected chi connectivity index (χ0v) is 14.0. The number of benzene rings is 2. The summed E-state index contributed by atoms with van der Waals surface area (Å²) in [6, 6.07) is 14.3. The minimum Gasteiger partial charge on any atom is -0.507 e. The fraction of sp³-hybridized carbons (Fsp3) is 0. The van der Waals surface area contributed by atoms with Gasteiger partial charge in [-0.2, -0.15) is 5.10 Å². The summed E-state index contributed by atoms with van der Waals surface area (Å²) in [5.74, 6) is 0.0853. The highest BCUT2D eigenvalue weighted by molar-refractivity contribution is 7.80. The minimum absolute atomic E-state index is 0.0853. The Morgan fingerprint density at radius 1 is 1.21 bits per heavy atom. The van der Waals surface area contributed by atoms with Crippen LogP contribution in [-0.2, 0) is 0 Å². The van der Waals surface area contributed by atoms with Gasteiger partial charge in [-0.05, 0) is 42.5 Å². The van der Waals surface area contributed by atoms with E-state index in [4.69, 9.17) is 23.8 Å². The van der Waals surface area contributed by atoms with Crippen molar-refractivity contribution >= 4 is 51.7 Å². The number of halogens is 1. The molecule has 0 aliphatic heterocycles. The number of hydrogen-bond donors (Lipinski definition) is 3. The van der Waals surface area contributed by atoms with E-state index in [-0.39, 0.29) is 5.75 Å². The third-order valence-corrected chi connectivity index (χ3v) is 3.67. The maximum atomic E-state index is 9.72. The summed E-state index contributed by atoms with van der Waals surface area (Å²) in [6.45, 7) is 0. The number of aromatic hydroxyl groups is 1. The summed E-state index contributed by atoms with van der Waals surface area (Å²) < 4.78 is 0. The number of pyridine rings is 1. The van der Waals surface area contributed by atoms with Gasteiger partial charge in [0, 0.05) is 22.2 Å². The maximum absolute atomic E-state index is 9.72. The summed E-state index contributed by atoms with van der Waals surface area (Å²) in [7, 11) is 0. The molecular weight excluding hydrogens is 344 g/mol. The summed E-state index contributed by atoms with van der Waals surface area (Å²) in [4.78, 5) is 4.35. The van der Waals surface area contributed by atoms with Crippen LogP contribution in [0.15, 0.2) is 59.8 Å². The topological polar surface area (TPSA) is 69.5 Å². The lowest BCUT2D eigenvalue weighted by Crippen LogP contribution is -2.24. The molecule has 24 heavy (non-hydrogen) atoms. The summed E-state index contributed by atoms with van der Waals surface area (Å²) in [5, 5.41) is 18.6. The van der Waals surface area contributed by atoms with Crippen molar-refractivity contribution in [1.29, 1.82) is 0 Å². The highest BCUT2D eigenvalue weighted by Gasteiger charge is 2.03. The SMILES string of the molecule is Oc1ccc(Cl)cc1/C=N\NC(=S)Nc1cccc2cccnc12. The van der Waals surface area contributed by atoms with Gasteiger partial charge >= 0.3 is 0 Å². The normalized spacial score (nSPS) is 10.9. The van der Waals surface area contributed by atoms with E-state index in [9.17, 15) is 5.11 Å². The molecule has 120 valence electrons. The molecule has 0 saturated heterocycles. The third-order valence-electron chi connectivity index (χ3n) is 3.24. The number of hydrazone groups is 1. The number of anilines is 1. The lowest BCUT2D eigenvalue weighted by molar-refractivity contribution is 0.474. The van der Waals surface area contributed by atoms with Crippen molar-refractivity contribution in [2.45, 2.75) is 0 Å². The van der Waals surface area contributed by atoms with Crippen LogP contribution >= 0.6 is 23.8 Å². The standard InChI is InChI=1S/C17H13ClN4OS/c18-13-6-7-15(23)12(9-13)10-20-22-17(24)21-14-5-1-3-11-4-2-8-19-16(11)14/h1-10,23H,(H2,21,22,24)/b20-10-. The number of phenolic OH excluding ortho intramolecular Hbond substituents is 1. The van der Waals surface area contributed by atoms with E-state index in [0.717, 1.165) is 16.6 Å². The predicted octanol–water partition coefficient (Wildman–Crippen LogP) is 3.91. The average Bonchev–Trinajstić information content (AvgIpc) is 2.58. The molecule has 7 heteroatoms. The van der Waals surface area contributed by atoms with Gasteiger partial charge in [-0.25, -0.2) is 0 Å². The lowest BCUT2D eigenvalue weighted by atomic mass is 10.2. The van der Waals surface area contributed by atoms with Crippen molar-refractivity contribution in [3.8, 4) is 5.75 Å². The largest absolute Gasteiger partial charge is 0.507 e. The molecule has 0 unspecified atom stereocenters. The first kappa shape index (κ1) is 16.2. The van der Waals surface area contributed by atoms with E-state index < -0.39 is 0 Å². The Balaban J connectivity index is 1.69. The fourth-order valence-corrected chi connectivity index (χ4v) is 2.49. The molecule has 0 atom stereocenters. The van der Waals surface area contributed by atoms with Crippen LogP contribution < -0.4 is 10.7 Å². The second-order valence-corrected chi connectivity index (χ2v) is 5.75. The van der Waals surface area contributed by atoms with Gasteiger partial charge < -0.3 is 10.4 Å². The number of fused-ring (bicyclic) bond motifs is 1. The van der Waals surface area contributed by atoms with Crippen LogP contribution in [0.4, 0.5) is 5.69 Å². The van der Waals surface area contributed by atoms with Gasteiger partial charge in [0.25, 0.3) is 0 Å². The molecule has 1 aromatic heterocycles. The molecule has 2 aromatic carbocycles. The van der Waals surface area contributed by atoms with Crippen LogP contribution in [0, 0.1) is 0 Å². The molecule has 0 amide bonds. The van der Waals surface area contributed by atoms with E-state index in [1.807, 2.05) is 30.3 Å². The maximum Gasteiger partial charge on any atom is 0.191 e. The van der Waals surface area contributed by atoms with Gasteiger partial charge in [-0.15, -0.1) is 0 Å². The highest BCUT2D eigenvalue weighted by Crippen LogP contribution is 2.21. The predicted molar refractivity (Wildman–Crippen MR) is 102 cm³/mol. The number of rotatable bonds is 3. The minimum atomic E-state index is 0.0853. The van der Waals surface area contributed by atoms with Crippen LogP contribution in [0.2, 0.25) is 5.02 Å². The first-order chi connectivity index (χ1) is 11.6. The first-order valence-electron chi connectivity index (χ1n) is 7.06. The molecule has 0 bridgehead atoms. The second kappa shape index (κ2) is 7.25. The highest BCUT2D eigenvalue weighted by atomic mass is 35.5. The van der Waals surface area contributed by atoms with Crippen LogP contribution in [0.3, 0.4) is 0 Å². The van der Waals surface area contributed by atoms with Crippen LogP contribution in [0.25, 0.3) is 10.9 Å². The van der Waals surface area contributed by atoms with Crippen molar-refractivity contribution in [3.05, 3.63) is 65.3 Å². The number of phenols is 1. The van der Waals surface area contributed by atoms with Gasteiger partial charge in [0.1, 0.15) is 5.75 Å². The Morgan fingerprint density at radius 2 is 2.04 bits per heavy atom. The summed E-state index contributed by atoms with van der Waals surface area (Å²) >= 11 is 11.1. The molecular formula is C17H13ClN4OS. The number of nitrogens with one attached hydrogen (secondary N) is 2. The fourth-order valence-electron chi connectivity index (χ4n) is 2.14. The molecule has 3 N–H and O–H groups in total. The Hall–Kier alpha value is -2.70.